The number of nitriles is 1. The minimum Gasteiger partial charge on any atom is -0.377 e. The van der Waals surface area contributed by atoms with Gasteiger partial charge in [0.25, 0.3) is 0 Å². The Balaban J connectivity index is 1.33. The van der Waals surface area contributed by atoms with E-state index in [0.29, 0.717) is 43.5 Å². The maximum atomic E-state index is 12.7. The van der Waals surface area contributed by atoms with Crippen LogP contribution in [-0.4, -0.2) is 54.8 Å². The van der Waals surface area contributed by atoms with Crippen LogP contribution in [0.2, 0.25) is 0 Å². The zero-order valence-electron chi connectivity index (χ0n) is 16.8. The molecule has 1 aromatic heterocycles. The molecule has 154 valence electrons. The van der Waals surface area contributed by atoms with Crippen molar-refractivity contribution in [2.45, 2.75) is 24.9 Å². The summed E-state index contributed by atoms with van der Waals surface area (Å²) >= 11 is 0. The molecule has 4 rings (SSSR count). The van der Waals surface area contributed by atoms with Crippen molar-refractivity contribution >= 4 is 5.91 Å². The molecule has 2 aromatic carbocycles. The second-order valence-electron chi connectivity index (χ2n) is 7.45. The molecule has 1 N–H and O–H groups in total. The first-order valence-electron chi connectivity index (χ1n) is 9.90. The molecule has 0 spiro atoms. The van der Waals surface area contributed by atoms with Gasteiger partial charge in [-0.05, 0) is 46.3 Å². The third-order valence-electron chi connectivity index (χ3n) is 5.28. The van der Waals surface area contributed by atoms with Gasteiger partial charge in [0.1, 0.15) is 11.9 Å². The molecule has 0 unspecified atom stereocenters. The minimum absolute atomic E-state index is 0.0203. The maximum Gasteiger partial charge on any atom is 0.226 e. The van der Waals surface area contributed by atoms with Gasteiger partial charge in [0.15, 0.2) is 0 Å². The smallest absolute Gasteiger partial charge is 0.226 e. The third-order valence-corrected chi connectivity index (χ3v) is 5.28. The molecule has 2 heterocycles. The van der Waals surface area contributed by atoms with Gasteiger partial charge in [0.2, 0.25) is 5.91 Å². The standard InChI is InChI=1S/C23H20N6O2/c24-16-20-3-1-2-18(14-20)8-9-23(31)10-12-28(13-11-23)22(30)15-19-4-6-21(7-5-19)29-17-25-26-27-29/h1-7,14,17,31H,10-13,15H2. The third kappa shape index (κ3) is 4.95. The predicted octanol–water partition coefficient (Wildman–Crippen LogP) is 1.48. The van der Waals surface area contributed by atoms with Crippen molar-refractivity contribution in [3.05, 3.63) is 71.5 Å². The van der Waals surface area contributed by atoms with E-state index in [1.54, 1.807) is 33.8 Å². The van der Waals surface area contributed by atoms with E-state index in [1.807, 2.05) is 24.3 Å². The van der Waals surface area contributed by atoms with Crippen LogP contribution in [0.4, 0.5) is 0 Å². The lowest BCUT2D eigenvalue weighted by Crippen LogP contribution is -2.46. The average Bonchev–Trinajstić information content (AvgIpc) is 3.34. The summed E-state index contributed by atoms with van der Waals surface area (Å²) in [5, 5.41) is 30.8. The zero-order valence-corrected chi connectivity index (χ0v) is 16.8. The maximum absolute atomic E-state index is 12.7. The van der Waals surface area contributed by atoms with Crippen molar-refractivity contribution in [2.75, 3.05) is 13.1 Å². The fraction of sp³-hybridized carbons (Fsp3) is 0.261. The molecule has 1 fully saturated rings. The molecule has 0 saturated carbocycles. The van der Waals surface area contributed by atoms with Crippen molar-refractivity contribution in [1.82, 2.24) is 25.1 Å². The van der Waals surface area contributed by atoms with Gasteiger partial charge >= 0.3 is 0 Å². The number of tetrazole rings is 1. The molecule has 1 aliphatic rings. The Hall–Kier alpha value is -4.01. The summed E-state index contributed by atoms with van der Waals surface area (Å²) in [5.74, 6) is 5.91. The highest BCUT2D eigenvalue weighted by atomic mass is 16.3. The van der Waals surface area contributed by atoms with Crippen LogP contribution in [0.5, 0.6) is 0 Å². The van der Waals surface area contributed by atoms with E-state index >= 15 is 0 Å². The normalized spacial score (nSPS) is 14.9. The quantitative estimate of drug-likeness (QED) is 0.653. The summed E-state index contributed by atoms with van der Waals surface area (Å²) in [6.45, 7) is 0.899. The summed E-state index contributed by atoms with van der Waals surface area (Å²) in [4.78, 5) is 14.4. The molecule has 1 amide bonds. The molecule has 0 atom stereocenters. The zero-order chi connectivity index (χ0) is 21.7. The van der Waals surface area contributed by atoms with Gasteiger partial charge in [-0.15, -0.1) is 5.10 Å². The van der Waals surface area contributed by atoms with Crippen molar-refractivity contribution in [3.8, 4) is 23.6 Å². The number of piperidine rings is 1. The lowest BCUT2D eigenvalue weighted by Gasteiger charge is -2.35. The Morgan fingerprint density at radius 1 is 1.13 bits per heavy atom. The van der Waals surface area contributed by atoms with E-state index in [1.165, 1.54) is 6.33 Å². The summed E-state index contributed by atoms with van der Waals surface area (Å²) in [5.41, 5.74) is 1.82. The first-order valence-corrected chi connectivity index (χ1v) is 9.90. The van der Waals surface area contributed by atoms with Crippen LogP contribution in [0, 0.1) is 23.2 Å². The van der Waals surface area contributed by atoms with E-state index in [0.717, 1.165) is 11.3 Å². The van der Waals surface area contributed by atoms with Gasteiger partial charge in [0.05, 0.1) is 23.7 Å². The summed E-state index contributed by atoms with van der Waals surface area (Å²) < 4.78 is 1.55. The summed E-state index contributed by atoms with van der Waals surface area (Å²) in [6, 6.07) is 16.6. The molecular formula is C23H20N6O2. The number of rotatable bonds is 3. The molecule has 1 saturated heterocycles. The summed E-state index contributed by atoms with van der Waals surface area (Å²) in [7, 11) is 0. The Morgan fingerprint density at radius 2 is 1.87 bits per heavy atom. The number of amides is 1. The van der Waals surface area contributed by atoms with Gasteiger partial charge in [-0.3, -0.25) is 4.79 Å². The largest absolute Gasteiger partial charge is 0.377 e. The number of benzene rings is 2. The Labute approximate surface area is 179 Å². The number of likely N-dealkylation sites (tertiary alicyclic amines) is 1. The Morgan fingerprint density at radius 3 is 2.55 bits per heavy atom. The Kier molecular flexibility index (Phi) is 5.74. The van der Waals surface area contributed by atoms with E-state index in [2.05, 4.69) is 33.4 Å². The summed E-state index contributed by atoms with van der Waals surface area (Å²) in [6.07, 6.45) is 2.59. The molecular weight excluding hydrogens is 392 g/mol. The lowest BCUT2D eigenvalue weighted by atomic mass is 9.91. The van der Waals surface area contributed by atoms with E-state index in [-0.39, 0.29) is 5.91 Å². The highest BCUT2D eigenvalue weighted by Crippen LogP contribution is 2.22. The first-order chi connectivity index (χ1) is 15.0. The van der Waals surface area contributed by atoms with Crippen molar-refractivity contribution in [3.63, 3.8) is 0 Å². The van der Waals surface area contributed by atoms with Crippen LogP contribution in [0.3, 0.4) is 0 Å². The number of carbonyl (C=O) groups excluding carboxylic acids is 1. The van der Waals surface area contributed by atoms with E-state index < -0.39 is 5.60 Å². The van der Waals surface area contributed by atoms with Crippen LogP contribution < -0.4 is 0 Å². The van der Waals surface area contributed by atoms with Gasteiger partial charge in [-0.1, -0.05) is 30.0 Å². The lowest BCUT2D eigenvalue weighted by molar-refractivity contribution is -0.133. The topological polar surface area (TPSA) is 108 Å². The van der Waals surface area contributed by atoms with Gasteiger partial charge in [-0.25, -0.2) is 4.68 Å². The Bertz CT molecular complexity index is 1160. The molecule has 0 radical (unpaired) electrons. The molecule has 8 heteroatoms. The van der Waals surface area contributed by atoms with Crippen LogP contribution in [-0.2, 0) is 11.2 Å². The molecule has 31 heavy (non-hydrogen) atoms. The second-order valence-corrected chi connectivity index (χ2v) is 7.45. The first kappa shape index (κ1) is 20.3. The monoisotopic (exact) mass is 412 g/mol. The van der Waals surface area contributed by atoms with Gasteiger partial charge in [-0.2, -0.15) is 5.26 Å². The fourth-order valence-electron chi connectivity index (χ4n) is 3.44. The van der Waals surface area contributed by atoms with E-state index in [9.17, 15) is 9.90 Å². The number of hydrogen-bond donors (Lipinski definition) is 1. The highest BCUT2D eigenvalue weighted by molar-refractivity contribution is 5.79. The van der Waals surface area contributed by atoms with Crippen LogP contribution in [0.15, 0.2) is 54.9 Å². The second kappa shape index (κ2) is 8.78. The number of hydrogen-bond acceptors (Lipinski definition) is 6. The van der Waals surface area contributed by atoms with E-state index in [4.69, 9.17) is 5.26 Å². The number of nitrogens with zero attached hydrogens (tertiary/aromatic N) is 6. The molecule has 0 aliphatic carbocycles. The fourth-order valence-corrected chi connectivity index (χ4v) is 3.44. The number of carbonyl (C=O) groups is 1. The number of aromatic nitrogens is 4. The van der Waals surface area contributed by atoms with Gasteiger partial charge in [0, 0.05) is 31.5 Å². The molecule has 3 aromatic rings. The molecule has 1 aliphatic heterocycles. The minimum atomic E-state index is -1.13. The molecule has 0 bridgehead atoms. The highest BCUT2D eigenvalue weighted by Gasteiger charge is 2.32. The van der Waals surface area contributed by atoms with Crippen molar-refractivity contribution in [2.24, 2.45) is 0 Å². The van der Waals surface area contributed by atoms with Crippen LogP contribution >= 0.6 is 0 Å². The number of aliphatic hydroxyl groups is 1. The van der Waals surface area contributed by atoms with Crippen LogP contribution in [0.25, 0.3) is 5.69 Å². The van der Waals surface area contributed by atoms with Crippen LogP contribution in [0.1, 0.15) is 29.5 Å². The average molecular weight is 412 g/mol. The predicted molar refractivity (Wildman–Crippen MR) is 112 cm³/mol. The SMILES string of the molecule is N#Cc1cccc(C#CC2(O)CCN(C(=O)Cc3ccc(-n4cnnn4)cc3)CC2)c1. The van der Waals surface area contributed by atoms with Gasteiger partial charge < -0.3 is 10.0 Å². The van der Waals surface area contributed by atoms with Crippen molar-refractivity contribution in [1.29, 1.82) is 5.26 Å². The van der Waals surface area contributed by atoms with Crippen molar-refractivity contribution < 1.29 is 9.90 Å². The molecule has 8 nitrogen and oxygen atoms in total.